The fourth-order valence-electron chi connectivity index (χ4n) is 2.58. The van der Waals surface area contributed by atoms with E-state index in [0.717, 1.165) is 24.0 Å². The van der Waals surface area contributed by atoms with E-state index >= 15 is 0 Å². The first-order valence-corrected chi connectivity index (χ1v) is 8.47. The van der Waals surface area contributed by atoms with Gasteiger partial charge in [-0.25, -0.2) is 0 Å². The van der Waals surface area contributed by atoms with Gasteiger partial charge in [0, 0.05) is 12.1 Å². The van der Waals surface area contributed by atoms with Gasteiger partial charge >= 0.3 is 0 Å². The lowest BCUT2D eigenvalue weighted by atomic mass is 10.1. The smallest absolute Gasteiger partial charge is 0.259 e. The topological polar surface area (TPSA) is 68.0 Å². The van der Waals surface area contributed by atoms with E-state index in [9.17, 15) is 4.79 Å². The Bertz CT molecular complexity index is 871. The monoisotopic (exact) mass is 335 g/mol. The van der Waals surface area contributed by atoms with Crippen molar-refractivity contribution >= 4 is 5.91 Å². The molecule has 3 rings (SSSR count). The van der Waals surface area contributed by atoms with Crippen molar-refractivity contribution in [3.05, 3.63) is 59.7 Å². The van der Waals surface area contributed by atoms with Gasteiger partial charge in [0.1, 0.15) is 0 Å². The van der Waals surface area contributed by atoms with Crippen molar-refractivity contribution in [1.82, 2.24) is 15.5 Å². The van der Waals surface area contributed by atoms with Gasteiger partial charge in [0.25, 0.3) is 11.8 Å². The zero-order chi connectivity index (χ0) is 17.6. The molecule has 3 aromatic rings. The Morgan fingerprint density at radius 3 is 2.80 bits per heavy atom. The van der Waals surface area contributed by atoms with Crippen molar-refractivity contribution in [3.63, 3.8) is 0 Å². The van der Waals surface area contributed by atoms with Crippen LogP contribution in [0.1, 0.15) is 35.7 Å². The van der Waals surface area contributed by atoms with Crippen LogP contribution in [-0.4, -0.2) is 22.6 Å². The standard InChI is InChI=1S/C20H21N3O2/c1-3-4-12-21-19(24)16-10-5-6-11-17(16)20-22-18(23-25-20)15-9-7-8-14(2)13-15/h5-11,13H,3-4,12H2,1-2H3,(H,21,24). The molecule has 1 aromatic heterocycles. The first kappa shape index (κ1) is 16.9. The molecule has 0 spiro atoms. The summed E-state index contributed by atoms with van der Waals surface area (Å²) in [5, 5.41) is 6.99. The molecule has 25 heavy (non-hydrogen) atoms. The summed E-state index contributed by atoms with van der Waals surface area (Å²) in [5.41, 5.74) is 3.19. The number of benzene rings is 2. The van der Waals surface area contributed by atoms with Crippen LogP contribution >= 0.6 is 0 Å². The second-order valence-electron chi connectivity index (χ2n) is 5.95. The number of nitrogens with zero attached hydrogens (tertiary/aromatic N) is 2. The van der Waals surface area contributed by atoms with Crippen LogP contribution in [0.5, 0.6) is 0 Å². The van der Waals surface area contributed by atoms with Gasteiger partial charge in [0.15, 0.2) is 0 Å². The summed E-state index contributed by atoms with van der Waals surface area (Å²) < 4.78 is 5.42. The Morgan fingerprint density at radius 1 is 1.16 bits per heavy atom. The first-order chi connectivity index (χ1) is 12.2. The maximum absolute atomic E-state index is 12.4. The van der Waals surface area contributed by atoms with Gasteiger partial charge in [0.2, 0.25) is 5.82 Å². The fraction of sp³-hybridized carbons (Fsp3) is 0.250. The number of hydrogen-bond donors (Lipinski definition) is 1. The number of nitrogens with one attached hydrogen (secondary N) is 1. The third-order valence-corrected chi connectivity index (χ3v) is 3.92. The van der Waals surface area contributed by atoms with Crippen LogP contribution in [0.25, 0.3) is 22.8 Å². The van der Waals surface area contributed by atoms with Crippen LogP contribution in [-0.2, 0) is 0 Å². The van der Waals surface area contributed by atoms with Gasteiger partial charge in [-0.1, -0.05) is 54.4 Å². The van der Waals surface area contributed by atoms with Gasteiger partial charge in [-0.3, -0.25) is 4.79 Å². The number of unbranched alkanes of at least 4 members (excludes halogenated alkanes) is 1. The van der Waals surface area contributed by atoms with E-state index in [2.05, 4.69) is 22.4 Å². The van der Waals surface area contributed by atoms with E-state index in [0.29, 0.717) is 29.4 Å². The summed E-state index contributed by atoms with van der Waals surface area (Å²) in [5.74, 6) is 0.733. The second kappa shape index (κ2) is 7.75. The minimum absolute atomic E-state index is 0.126. The largest absolute Gasteiger partial charge is 0.352 e. The molecule has 5 heteroatoms. The van der Waals surface area contributed by atoms with Crippen molar-refractivity contribution in [1.29, 1.82) is 0 Å². The number of aryl methyl sites for hydroxylation is 1. The number of rotatable bonds is 6. The predicted octanol–water partition coefficient (Wildman–Crippen LogP) is 4.24. The Morgan fingerprint density at radius 2 is 2.00 bits per heavy atom. The normalized spacial score (nSPS) is 10.6. The fourth-order valence-corrected chi connectivity index (χ4v) is 2.58. The average Bonchev–Trinajstić information content (AvgIpc) is 3.12. The Kier molecular flexibility index (Phi) is 5.23. The summed E-state index contributed by atoms with van der Waals surface area (Å²) in [7, 11) is 0. The molecule has 0 radical (unpaired) electrons. The van der Waals surface area contributed by atoms with Gasteiger partial charge < -0.3 is 9.84 Å². The third kappa shape index (κ3) is 3.94. The maximum atomic E-state index is 12.4. The molecule has 0 aliphatic rings. The Hall–Kier alpha value is -2.95. The van der Waals surface area contributed by atoms with E-state index in [1.54, 1.807) is 6.07 Å². The summed E-state index contributed by atoms with van der Waals surface area (Å²) in [6, 6.07) is 15.2. The minimum atomic E-state index is -0.126. The van der Waals surface area contributed by atoms with Crippen LogP contribution in [0.4, 0.5) is 0 Å². The highest BCUT2D eigenvalue weighted by Gasteiger charge is 2.17. The van der Waals surface area contributed by atoms with E-state index < -0.39 is 0 Å². The second-order valence-corrected chi connectivity index (χ2v) is 5.95. The molecule has 5 nitrogen and oxygen atoms in total. The molecule has 1 amide bonds. The molecule has 0 bridgehead atoms. The molecule has 0 atom stereocenters. The minimum Gasteiger partial charge on any atom is -0.352 e. The quantitative estimate of drug-likeness (QED) is 0.684. The van der Waals surface area contributed by atoms with Crippen LogP contribution < -0.4 is 5.32 Å². The number of carbonyl (C=O) groups excluding carboxylic acids is 1. The van der Waals surface area contributed by atoms with E-state index in [1.807, 2.05) is 49.4 Å². The lowest BCUT2D eigenvalue weighted by Crippen LogP contribution is -2.24. The molecule has 0 saturated carbocycles. The molecule has 1 N–H and O–H groups in total. The molecule has 0 fully saturated rings. The number of hydrogen-bond acceptors (Lipinski definition) is 4. The zero-order valence-corrected chi connectivity index (χ0v) is 14.5. The SMILES string of the molecule is CCCCNC(=O)c1ccccc1-c1nc(-c2cccc(C)c2)no1. The van der Waals surface area contributed by atoms with Gasteiger partial charge in [-0.05, 0) is 31.5 Å². The Labute approximate surface area is 147 Å². The average molecular weight is 335 g/mol. The van der Waals surface area contributed by atoms with Crippen LogP contribution in [0.15, 0.2) is 53.1 Å². The summed E-state index contributed by atoms with van der Waals surface area (Å²) in [6.45, 7) is 4.76. The van der Waals surface area contributed by atoms with Crippen LogP contribution in [0.2, 0.25) is 0 Å². The van der Waals surface area contributed by atoms with Crippen LogP contribution in [0, 0.1) is 6.92 Å². The maximum Gasteiger partial charge on any atom is 0.259 e. The molecule has 0 aliphatic carbocycles. The molecule has 128 valence electrons. The lowest BCUT2D eigenvalue weighted by molar-refractivity contribution is 0.0953. The molecular formula is C20H21N3O2. The zero-order valence-electron chi connectivity index (χ0n) is 14.5. The first-order valence-electron chi connectivity index (χ1n) is 8.47. The third-order valence-electron chi connectivity index (χ3n) is 3.92. The van der Waals surface area contributed by atoms with Crippen LogP contribution in [0.3, 0.4) is 0 Å². The summed E-state index contributed by atoms with van der Waals surface area (Å²) in [4.78, 5) is 16.9. The highest BCUT2D eigenvalue weighted by atomic mass is 16.5. The van der Waals surface area contributed by atoms with E-state index in [1.165, 1.54) is 0 Å². The predicted molar refractivity (Wildman–Crippen MR) is 97.1 cm³/mol. The lowest BCUT2D eigenvalue weighted by Gasteiger charge is -2.07. The molecule has 2 aromatic carbocycles. The number of carbonyl (C=O) groups is 1. The molecule has 0 unspecified atom stereocenters. The van der Waals surface area contributed by atoms with Crippen molar-refractivity contribution in [3.8, 4) is 22.8 Å². The number of amides is 1. The molecule has 0 saturated heterocycles. The van der Waals surface area contributed by atoms with Crippen molar-refractivity contribution < 1.29 is 9.32 Å². The van der Waals surface area contributed by atoms with Crippen molar-refractivity contribution in [2.24, 2.45) is 0 Å². The van der Waals surface area contributed by atoms with Gasteiger partial charge in [-0.2, -0.15) is 4.98 Å². The molecule has 1 heterocycles. The van der Waals surface area contributed by atoms with Gasteiger partial charge in [-0.15, -0.1) is 0 Å². The number of aromatic nitrogens is 2. The highest BCUT2D eigenvalue weighted by Crippen LogP contribution is 2.25. The molecule has 0 aliphatic heterocycles. The summed E-state index contributed by atoms with van der Waals surface area (Å²) >= 11 is 0. The highest BCUT2D eigenvalue weighted by molar-refractivity contribution is 6.00. The van der Waals surface area contributed by atoms with Crippen molar-refractivity contribution in [2.75, 3.05) is 6.54 Å². The Balaban J connectivity index is 1.89. The van der Waals surface area contributed by atoms with Crippen molar-refractivity contribution in [2.45, 2.75) is 26.7 Å². The van der Waals surface area contributed by atoms with E-state index in [-0.39, 0.29) is 5.91 Å². The summed E-state index contributed by atoms with van der Waals surface area (Å²) in [6.07, 6.45) is 1.98. The van der Waals surface area contributed by atoms with Gasteiger partial charge in [0.05, 0.1) is 11.1 Å². The van der Waals surface area contributed by atoms with E-state index in [4.69, 9.17) is 4.52 Å². The molecular weight excluding hydrogens is 314 g/mol.